The number of nitrogens with one attached hydrogen (secondary N) is 1. The van der Waals surface area contributed by atoms with Gasteiger partial charge in [-0.15, -0.1) is 11.3 Å². The molecule has 1 aliphatic carbocycles. The Morgan fingerprint density at radius 3 is 2.44 bits per heavy atom. The lowest BCUT2D eigenvalue weighted by Gasteiger charge is -2.33. The fourth-order valence-corrected chi connectivity index (χ4v) is 4.99. The lowest BCUT2D eigenvalue weighted by Crippen LogP contribution is -2.47. The SMILES string of the molecule is COc1ccccc1N(C(=O)Cc1cccs1)[C@@H](C(=O)NC1CCCC1)c1ccccc1. The molecule has 32 heavy (non-hydrogen) atoms. The number of anilines is 1. The first kappa shape index (κ1) is 22.1. The van der Waals surface area contributed by atoms with E-state index < -0.39 is 6.04 Å². The average Bonchev–Trinajstić information content (AvgIpc) is 3.52. The van der Waals surface area contributed by atoms with Crippen molar-refractivity contribution in [2.75, 3.05) is 12.0 Å². The summed E-state index contributed by atoms with van der Waals surface area (Å²) in [6.45, 7) is 0. The molecule has 0 radical (unpaired) electrons. The van der Waals surface area contributed by atoms with Gasteiger partial charge in [0.15, 0.2) is 0 Å². The molecule has 1 aromatic heterocycles. The van der Waals surface area contributed by atoms with Crippen molar-refractivity contribution in [3.63, 3.8) is 0 Å². The zero-order valence-electron chi connectivity index (χ0n) is 18.2. The molecule has 1 atom stereocenters. The Labute approximate surface area is 193 Å². The molecule has 0 saturated heterocycles. The molecule has 3 aromatic rings. The molecule has 0 unspecified atom stereocenters. The maximum absolute atomic E-state index is 13.7. The number of ether oxygens (including phenoxy) is 1. The summed E-state index contributed by atoms with van der Waals surface area (Å²) < 4.78 is 5.59. The third-order valence-electron chi connectivity index (χ3n) is 5.84. The van der Waals surface area contributed by atoms with Crippen molar-refractivity contribution in [1.29, 1.82) is 0 Å². The highest BCUT2D eigenvalue weighted by atomic mass is 32.1. The molecule has 0 aliphatic heterocycles. The molecule has 2 aromatic carbocycles. The summed E-state index contributed by atoms with van der Waals surface area (Å²) in [4.78, 5) is 30.0. The Morgan fingerprint density at radius 1 is 1.03 bits per heavy atom. The van der Waals surface area contributed by atoms with E-state index in [1.807, 2.05) is 72.1 Å². The summed E-state index contributed by atoms with van der Waals surface area (Å²) in [6, 6.07) is 20.1. The number of para-hydroxylation sites is 2. The topological polar surface area (TPSA) is 58.6 Å². The highest BCUT2D eigenvalue weighted by molar-refractivity contribution is 7.10. The summed E-state index contributed by atoms with van der Waals surface area (Å²) in [6.07, 6.45) is 4.41. The summed E-state index contributed by atoms with van der Waals surface area (Å²) in [5.74, 6) is 0.252. The number of hydrogen-bond donors (Lipinski definition) is 1. The molecule has 6 heteroatoms. The van der Waals surface area contributed by atoms with Crippen LogP contribution in [0.1, 0.15) is 42.2 Å². The van der Waals surface area contributed by atoms with Gasteiger partial charge in [0.2, 0.25) is 11.8 Å². The lowest BCUT2D eigenvalue weighted by molar-refractivity contribution is -0.127. The zero-order valence-corrected chi connectivity index (χ0v) is 19.0. The van der Waals surface area contributed by atoms with Crippen LogP contribution in [0.2, 0.25) is 0 Å². The van der Waals surface area contributed by atoms with Crippen LogP contribution in [0.15, 0.2) is 72.1 Å². The van der Waals surface area contributed by atoms with Crippen LogP contribution >= 0.6 is 11.3 Å². The molecule has 0 spiro atoms. The molecule has 1 saturated carbocycles. The van der Waals surface area contributed by atoms with E-state index in [4.69, 9.17) is 4.74 Å². The van der Waals surface area contributed by atoms with Crippen molar-refractivity contribution < 1.29 is 14.3 Å². The van der Waals surface area contributed by atoms with Crippen molar-refractivity contribution in [2.24, 2.45) is 0 Å². The molecular formula is C26H28N2O3S. The van der Waals surface area contributed by atoms with E-state index in [0.29, 0.717) is 11.4 Å². The number of methoxy groups -OCH3 is 1. The number of thiophene rings is 1. The first-order valence-corrected chi connectivity index (χ1v) is 11.9. The van der Waals surface area contributed by atoms with E-state index >= 15 is 0 Å². The second-order valence-electron chi connectivity index (χ2n) is 7.99. The van der Waals surface area contributed by atoms with Gasteiger partial charge in [0, 0.05) is 10.9 Å². The van der Waals surface area contributed by atoms with Gasteiger partial charge in [-0.1, -0.05) is 61.4 Å². The predicted molar refractivity (Wildman–Crippen MR) is 128 cm³/mol. The Morgan fingerprint density at radius 2 is 1.75 bits per heavy atom. The first-order chi connectivity index (χ1) is 15.7. The van der Waals surface area contributed by atoms with Gasteiger partial charge in [0.25, 0.3) is 0 Å². The monoisotopic (exact) mass is 448 g/mol. The minimum atomic E-state index is -0.791. The summed E-state index contributed by atoms with van der Waals surface area (Å²) in [7, 11) is 1.58. The van der Waals surface area contributed by atoms with E-state index in [0.717, 1.165) is 36.1 Å². The largest absolute Gasteiger partial charge is 0.495 e. The molecule has 166 valence electrons. The average molecular weight is 449 g/mol. The van der Waals surface area contributed by atoms with Gasteiger partial charge in [0.05, 0.1) is 19.2 Å². The summed E-state index contributed by atoms with van der Waals surface area (Å²) >= 11 is 1.54. The van der Waals surface area contributed by atoms with E-state index in [9.17, 15) is 9.59 Å². The highest BCUT2D eigenvalue weighted by Crippen LogP contribution is 2.36. The van der Waals surface area contributed by atoms with Gasteiger partial charge >= 0.3 is 0 Å². The third kappa shape index (κ3) is 5.02. The van der Waals surface area contributed by atoms with E-state index in [-0.39, 0.29) is 24.3 Å². The van der Waals surface area contributed by atoms with Gasteiger partial charge in [-0.25, -0.2) is 0 Å². The summed E-state index contributed by atoms with van der Waals surface area (Å²) in [5, 5.41) is 5.16. The first-order valence-electron chi connectivity index (χ1n) is 11.0. The molecular weight excluding hydrogens is 420 g/mol. The van der Waals surface area contributed by atoms with Crippen LogP contribution in [0.5, 0.6) is 5.75 Å². The molecule has 1 N–H and O–H groups in total. The summed E-state index contributed by atoms with van der Waals surface area (Å²) in [5.41, 5.74) is 1.36. The molecule has 2 amide bonds. The minimum absolute atomic E-state index is 0.146. The molecule has 1 fully saturated rings. The van der Waals surface area contributed by atoms with Crippen molar-refractivity contribution in [3.8, 4) is 5.75 Å². The van der Waals surface area contributed by atoms with Gasteiger partial charge in [-0.2, -0.15) is 0 Å². The van der Waals surface area contributed by atoms with Crippen LogP contribution in [-0.2, 0) is 16.0 Å². The number of hydrogen-bond acceptors (Lipinski definition) is 4. The molecule has 4 rings (SSSR count). The van der Waals surface area contributed by atoms with E-state index in [1.54, 1.807) is 12.0 Å². The smallest absolute Gasteiger partial charge is 0.248 e. The standard InChI is InChI=1S/C26H28N2O3S/c1-31-23-16-8-7-15-22(23)28(24(29)18-21-14-9-17-32-21)25(19-10-3-2-4-11-19)26(30)27-20-12-5-6-13-20/h2-4,7-11,14-17,20,25H,5-6,12-13,18H2,1H3,(H,27,30)/t25-/m1/s1. The van der Waals surface area contributed by atoms with Crippen LogP contribution in [0.4, 0.5) is 5.69 Å². The Balaban J connectivity index is 1.77. The number of rotatable bonds is 8. The van der Waals surface area contributed by atoms with Crippen molar-refractivity contribution >= 4 is 28.8 Å². The Kier molecular flexibility index (Phi) is 7.22. The molecule has 5 nitrogen and oxygen atoms in total. The van der Waals surface area contributed by atoms with E-state index in [1.165, 1.54) is 11.3 Å². The number of amides is 2. The van der Waals surface area contributed by atoms with E-state index in [2.05, 4.69) is 5.32 Å². The van der Waals surface area contributed by atoms with Crippen LogP contribution < -0.4 is 15.0 Å². The van der Waals surface area contributed by atoms with Crippen LogP contribution in [0, 0.1) is 0 Å². The number of carbonyl (C=O) groups excluding carboxylic acids is 2. The van der Waals surface area contributed by atoms with Gasteiger partial charge < -0.3 is 10.1 Å². The Bertz CT molecular complexity index is 1030. The highest BCUT2D eigenvalue weighted by Gasteiger charge is 2.35. The van der Waals surface area contributed by atoms with Crippen LogP contribution in [0.3, 0.4) is 0 Å². The number of carbonyl (C=O) groups is 2. The normalized spacial score (nSPS) is 14.7. The predicted octanol–water partition coefficient (Wildman–Crippen LogP) is 5.13. The fourth-order valence-electron chi connectivity index (χ4n) is 4.30. The molecule has 0 bridgehead atoms. The van der Waals surface area contributed by atoms with Gasteiger partial charge in [-0.05, 0) is 42.0 Å². The van der Waals surface area contributed by atoms with Crippen LogP contribution in [0.25, 0.3) is 0 Å². The van der Waals surface area contributed by atoms with Crippen molar-refractivity contribution in [1.82, 2.24) is 5.32 Å². The second-order valence-corrected chi connectivity index (χ2v) is 9.03. The quantitative estimate of drug-likeness (QED) is 0.520. The van der Waals surface area contributed by atoms with Crippen LogP contribution in [-0.4, -0.2) is 25.0 Å². The molecule has 1 heterocycles. The number of nitrogens with zero attached hydrogens (tertiary/aromatic N) is 1. The maximum Gasteiger partial charge on any atom is 0.248 e. The third-order valence-corrected chi connectivity index (χ3v) is 6.72. The maximum atomic E-state index is 13.7. The second kappa shape index (κ2) is 10.5. The van der Waals surface area contributed by atoms with Crippen molar-refractivity contribution in [2.45, 2.75) is 44.2 Å². The van der Waals surface area contributed by atoms with Crippen molar-refractivity contribution in [3.05, 3.63) is 82.6 Å². The Hall–Kier alpha value is -3.12. The van der Waals surface area contributed by atoms with Gasteiger partial charge in [-0.3, -0.25) is 14.5 Å². The van der Waals surface area contributed by atoms with Gasteiger partial charge in [0.1, 0.15) is 11.8 Å². The number of benzene rings is 2. The lowest BCUT2D eigenvalue weighted by atomic mass is 10.0. The zero-order chi connectivity index (χ0) is 22.3. The molecule has 1 aliphatic rings. The minimum Gasteiger partial charge on any atom is -0.495 e. The fraction of sp³-hybridized carbons (Fsp3) is 0.308.